The Morgan fingerprint density at radius 2 is 1.64 bits per heavy atom. The van der Waals surface area contributed by atoms with Crippen molar-refractivity contribution in [2.24, 2.45) is 5.92 Å². The number of β-lactam (4-membered cyclic amide) rings is 1. The van der Waals surface area contributed by atoms with Gasteiger partial charge in [-0.1, -0.05) is 46.3 Å². The van der Waals surface area contributed by atoms with Gasteiger partial charge in [-0.2, -0.15) is 0 Å². The van der Waals surface area contributed by atoms with Gasteiger partial charge >= 0.3 is 0 Å². The molecule has 5 heteroatoms. The van der Waals surface area contributed by atoms with Crippen molar-refractivity contribution in [1.82, 2.24) is 0 Å². The third-order valence-corrected chi connectivity index (χ3v) is 6.61. The second-order valence-corrected chi connectivity index (χ2v) is 8.64. The van der Waals surface area contributed by atoms with Crippen LogP contribution in [0.3, 0.4) is 0 Å². The Balaban J connectivity index is 1.57. The molecule has 0 spiro atoms. The van der Waals surface area contributed by atoms with Crippen molar-refractivity contribution in [3.05, 3.63) is 88.9 Å². The monoisotopic (exact) mass is 453 g/mol. The summed E-state index contributed by atoms with van der Waals surface area (Å²) in [6.07, 6.45) is 0. The molecule has 4 rings (SSSR count). The van der Waals surface area contributed by atoms with Crippen LogP contribution in [0.15, 0.2) is 88.2 Å². The van der Waals surface area contributed by atoms with Crippen molar-refractivity contribution in [2.45, 2.75) is 10.9 Å². The zero-order valence-corrected chi connectivity index (χ0v) is 17.8. The van der Waals surface area contributed by atoms with Gasteiger partial charge in [0.2, 0.25) is 5.91 Å². The minimum Gasteiger partial charge on any atom is -0.497 e. The highest BCUT2D eigenvalue weighted by Crippen LogP contribution is 2.45. The van der Waals surface area contributed by atoms with E-state index in [1.165, 1.54) is 10.5 Å². The summed E-state index contributed by atoms with van der Waals surface area (Å²) in [6.45, 7) is 0. The average Bonchev–Trinajstić information content (AvgIpc) is 2.74. The number of rotatable bonds is 6. The lowest BCUT2D eigenvalue weighted by Crippen LogP contribution is -2.56. The summed E-state index contributed by atoms with van der Waals surface area (Å²) in [5.74, 6) is 1.67. The number of carbonyl (C=O) groups excluding carboxylic acids is 1. The molecule has 28 heavy (non-hydrogen) atoms. The number of methoxy groups -OCH3 is 1. The van der Waals surface area contributed by atoms with Crippen LogP contribution in [0.1, 0.15) is 11.6 Å². The first-order valence-electron chi connectivity index (χ1n) is 9.08. The number of thioether (sulfide) groups is 1. The highest BCUT2D eigenvalue weighted by atomic mass is 79.9. The predicted molar refractivity (Wildman–Crippen MR) is 118 cm³/mol. The van der Waals surface area contributed by atoms with Crippen LogP contribution in [0.5, 0.6) is 5.75 Å². The van der Waals surface area contributed by atoms with Crippen molar-refractivity contribution in [2.75, 3.05) is 17.8 Å². The van der Waals surface area contributed by atoms with E-state index in [0.717, 1.165) is 21.7 Å². The molecular weight excluding hydrogens is 434 g/mol. The Hall–Kier alpha value is -2.24. The number of ether oxygens (including phenoxy) is 1. The molecule has 1 heterocycles. The Morgan fingerprint density at radius 1 is 0.964 bits per heavy atom. The molecule has 0 bridgehead atoms. The maximum absolute atomic E-state index is 13.0. The molecule has 142 valence electrons. The molecule has 1 aliphatic heterocycles. The van der Waals surface area contributed by atoms with Gasteiger partial charge in [-0.25, -0.2) is 0 Å². The lowest BCUT2D eigenvalue weighted by atomic mass is 9.83. The van der Waals surface area contributed by atoms with Crippen molar-refractivity contribution in [3.8, 4) is 5.75 Å². The third-order valence-electron chi connectivity index (χ3n) is 4.95. The summed E-state index contributed by atoms with van der Waals surface area (Å²) in [6, 6.07) is 26.2. The molecule has 1 saturated heterocycles. The normalized spacial score (nSPS) is 18.6. The Bertz CT molecular complexity index is 945. The zero-order chi connectivity index (χ0) is 19.5. The highest BCUT2D eigenvalue weighted by molar-refractivity contribution is 9.10. The van der Waals surface area contributed by atoms with Gasteiger partial charge in [0.15, 0.2) is 0 Å². The quantitative estimate of drug-likeness (QED) is 0.340. The van der Waals surface area contributed by atoms with Crippen LogP contribution in [0.25, 0.3) is 0 Å². The minimum atomic E-state index is -0.0434. The van der Waals surface area contributed by atoms with Gasteiger partial charge in [0, 0.05) is 20.8 Å². The van der Waals surface area contributed by atoms with Crippen molar-refractivity contribution >= 4 is 39.3 Å². The van der Waals surface area contributed by atoms with Crippen LogP contribution in [0.4, 0.5) is 5.69 Å². The largest absolute Gasteiger partial charge is 0.497 e. The number of nitrogens with zero attached hydrogens (tertiary/aromatic N) is 1. The molecule has 0 N–H and O–H groups in total. The molecule has 1 amide bonds. The first-order chi connectivity index (χ1) is 13.7. The third kappa shape index (κ3) is 3.82. The molecule has 0 radical (unpaired) electrons. The van der Waals surface area contributed by atoms with Crippen LogP contribution in [-0.4, -0.2) is 18.8 Å². The zero-order valence-electron chi connectivity index (χ0n) is 15.4. The topological polar surface area (TPSA) is 29.5 Å². The van der Waals surface area contributed by atoms with E-state index in [-0.39, 0.29) is 17.9 Å². The number of benzene rings is 3. The SMILES string of the molecule is COc1ccc(N2C(=O)C(CSc3ccc(Br)cc3)C2c2ccccc2)cc1. The smallest absolute Gasteiger partial charge is 0.233 e. The number of halogens is 1. The van der Waals surface area contributed by atoms with Gasteiger partial charge < -0.3 is 9.64 Å². The maximum Gasteiger partial charge on any atom is 0.233 e. The van der Waals surface area contributed by atoms with E-state index in [9.17, 15) is 4.79 Å². The summed E-state index contributed by atoms with van der Waals surface area (Å²) in [4.78, 5) is 16.1. The van der Waals surface area contributed by atoms with E-state index in [4.69, 9.17) is 4.74 Å². The van der Waals surface area contributed by atoms with Crippen LogP contribution in [0.2, 0.25) is 0 Å². The molecular formula is C23H20BrNO2S. The summed E-state index contributed by atoms with van der Waals surface area (Å²) < 4.78 is 6.31. The fraction of sp³-hybridized carbons (Fsp3) is 0.174. The maximum atomic E-state index is 13.0. The molecule has 3 aromatic rings. The molecule has 2 unspecified atom stereocenters. The van der Waals surface area contributed by atoms with Gasteiger partial charge in [-0.05, 0) is 54.1 Å². The van der Waals surface area contributed by atoms with E-state index < -0.39 is 0 Å². The van der Waals surface area contributed by atoms with Crippen LogP contribution >= 0.6 is 27.7 Å². The van der Waals surface area contributed by atoms with E-state index in [1.807, 2.05) is 59.5 Å². The Labute approximate surface area is 177 Å². The number of hydrogen-bond donors (Lipinski definition) is 0. The molecule has 0 aromatic heterocycles. The molecule has 0 aliphatic carbocycles. The van der Waals surface area contributed by atoms with Crippen LogP contribution in [0, 0.1) is 5.92 Å². The molecule has 0 saturated carbocycles. The molecule has 1 aliphatic rings. The fourth-order valence-corrected chi connectivity index (χ4v) is 4.78. The molecule has 1 fully saturated rings. The van der Waals surface area contributed by atoms with Gasteiger partial charge in [0.05, 0.1) is 19.1 Å². The van der Waals surface area contributed by atoms with Gasteiger partial charge in [-0.15, -0.1) is 11.8 Å². The lowest BCUT2D eigenvalue weighted by Gasteiger charge is -2.47. The van der Waals surface area contributed by atoms with Gasteiger partial charge in [0.25, 0.3) is 0 Å². The first-order valence-corrected chi connectivity index (χ1v) is 10.9. The minimum absolute atomic E-state index is 0.0434. The summed E-state index contributed by atoms with van der Waals surface area (Å²) in [5, 5.41) is 0. The number of hydrogen-bond acceptors (Lipinski definition) is 3. The standard InChI is InChI=1S/C23H20BrNO2S/c1-27-19-11-9-18(10-12-19)25-22(16-5-3-2-4-6-16)21(23(25)26)15-28-20-13-7-17(24)8-14-20/h2-14,21-22H,15H2,1H3. The fourth-order valence-electron chi connectivity index (χ4n) is 3.49. The highest BCUT2D eigenvalue weighted by Gasteiger charge is 2.48. The average molecular weight is 454 g/mol. The van der Waals surface area contributed by atoms with E-state index in [2.05, 4.69) is 40.2 Å². The molecule has 3 aromatic carbocycles. The van der Waals surface area contributed by atoms with Crippen molar-refractivity contribution < 1.29 is 9.53 Å². The summed E-state index contributed by atoms with van der Waals surface area (Å²) in [7, 11) is 1.64. The van der Waals surface area contributed by atoms with Crippen LogP contribution < -0.4 is 9.64 Å². The first kappa shape index (κ1) is 19.1. The van der Waals surface area contributed by atoms with Crippen molar-refractivity contribution in [3.63, 3.8) is 0 Å². The van der Waals surface area contributed by atoms with Gasteiger partial charge in [-0.3, -0.25) is 4.79 Å². The van der Waals surface area contributed by atoms with Crippen molar-refractivity contribution in [1.29, 1.82) is 0 Å². The summed E-state index contributed by atoms with van der Waals surface area (Å²) in [5.41, 5.74) is 2.07. The summed E-state index contributed by atoms with van der Waals surface area (Å²) >= 11 is 5.20. The Morgan fingerprint density at radius 3 is 2.29 bits per heavy atom. The second kappa shape index (κ2) is 8.41. The molecule has 3 nitrogen and oxygen atoms in total. The van der Waals surface area contributed by atoms with E-state index in [0.29, 0.717) is 0 Å². The van der Waals surface area contributed by atoms with E-state index >= 15 is 0 Å². The number of amides is 1. The number of anilines is 1. The van der Waals surface area contributed by atoms with Crippen LogP contribution in [-0.2, 0) is 4.79 Å². The predicted octanol–water partition coefficient (Wildman–Crippen LogP) is 5.95. The molecule has 2 atom stereocenters. The number of carbonyl (C=O) groups is 1. The second-order valence-electron chi connectivity index (χ2n) is 6.63. The lowest BCUT2D eigenvalue weighted by molar-refractivity contribution is -0.129. The van der Waals surface area contributed by atoms with E-state index in [1.54, 1.807) is 18.9 Å². The Kier molecular flexibility index (Phi) is 5.74. The van der Waals surface area contributed by atoms with Gasteiger partial charge in [0.1, 0.15) is 5.75 Å².